The molecule has 0 aromatic heterocycles. The van der Waals surface area contributed by atoms with Gasteiger partial charge in [0.05, 0.1) is 18.3 Å². The molecule has 0 aliphatic carbocycles. The highest BCUT2D eigenvalue weighted by molar-refractivity contribution is 5.83. The molecule has 0 fully saturated rings. The number of carboxylic acid groups (broad SMARTS) is 1. The summed E-state index contributed by atoms with van der Waals surface area (Å²) in [5.74, 6) is -1.38. The van der Waals surface area contributed by atoms with E-state index in [4.69, 9.17) is 14.6 Å². The van der Waals surface area contributed by atoms with Crippen molar-refractivity contribution in [3.05, 3.63) is 0 Å². The van der Waals surface area contributed by atoms with Gasteiger partial charge in [-0.1, -0.05) is 0 Å². The number of rotatable bonds is 9. The van der Waals surface area contributed by atoms with Crippen LogP contribution in [0.5, 0.6) is 0 Å². The molecule has 0 radical (unpaired) electrons. The average Bonchev–Trinajstić information content (AvgIpc) is 2.25. The zero-order valence-corrected chi connectivity index (χ0v) is 13.1. The molecule has 20 heavy (non-hydrogen) atoms. The number of hydrogen-bond donors (Lipinski definition) is 2. The van der Waals surface area contributed by atoms with Crippen LogP contribution in [0.25, 0.3) is 0 Å². The van der Waals surface area contributed by atoms with Crippen LogP contribution in [0.1, 0.15) is 47.5 Å². The lowest BCUT2D eigenvalue weighted by molar-refractivity contribution is -0.143. The van der Waals surface area contributed by atoms with E-state index in [2.05, 4.69) is 5.32 Å². The van der Waals surface area contributed by atoms with Gasteiger partial charge in [0.1, 0.15) is 6.04 Å². The molecule has 0 aromatic carbocycles. The van der Waals surface area contributed by atoms with E-state index in [1.54, 1.807) is 0 Å². The Hall–Kier alpha value is -1.14. The van der Waals surface area contributed by atoms with E-state index >= 15 is 0 Å². The summed E-state index contributed by atoms with van der Waals surface area (Å²) in [7, 11) is 0. The molecule has 118 valence electrons. The largest absolute Gasteiger partial charge is 0.480 e. The summed E-state index contributed by atoms with van der Waals surface area (Å²) < 4.78 is 10.7. The highest BCUT2D eigenvalue weighted by Gasteiger charge is 2.21. The van der Waals surface area contributed by atoms with Gasteiger partial charge in [-0.25, -0.2) is 4.79 Å². The van der Waals surface area contributed by atoms with Gasteiger partial charge in [0.15, 0.2) is 0 Å². The van der Waals surface area contributed by atoms with E-state index in [-0.39, 0.29) is 43.7 Å². The molecule has 0 aliphatic rings. The predicted molar refractivity (Wildman–Crippen MR) is 75.6 cm³/mol. The van der Waals surface area contributed by atoms with Gasteiger partial charge >= 0.3 is 5.97 Å². The molecule has 2 N–H and O–H groups in total. The quantitative estimate of drug-likeness (QED) is 0.673. The third-order valence-corrected chi connectivity index (χ3v) is 2.36. The Bertz CT molecular complexity index is 309. The Morgan fingerprint density at radius 2 is 1.80 bits per heavy atom. The number of aliphatic carboxylic acids is 1. The number of carboxylic acids is 1. The van der Waals surface area contributed by atoms with Crippen LogP contribution in [0, 0.1) is 0 Å². The molecule has 0 aliphatic heterocycles. The number of ether oxygens (including phenoxy) is 2. The fourth-order valence-electron chi connectivity index (χ4n) is 1.39. The molecule has 0 saturated carbocycles. The Labute approximate surface area is 120 Å². The summed E-state index contributed by atoms with van der Waals surface area (Å²) in [6.45, 7) is 10.0. The summed E-state index contributed by atoms with van der Waals surface area (Å²) in [5, 5.41) is 11.5. The molecule has 0 aromatic rings. The van der Waals surface area contributed by atoms with Crippen LogP contribution in [0.3, 0.4) is 0 Å². The Morgan fingerprint density at radius 3 is 2.25 bits per heavy atom. The molecule has 0 rings (SSSR count). The molecular formula is C14H27NO5. The first-order chi connectivity index (χ1) is 9.11. The molecule has 1 atom stereocenters. The van der Waals surface area contributed by atoms with Gasteiger partial charge in [0.25, 0.3) is 0 Å². The van der Waals surface area contributed by atoms with Crippen LogP contribution < -0.4 is 5.32 Å². The third-order valence-electron chi connectivity index (χ3n) is 2.36. The van der Waals surface area contributed by atoms with E-state index in [1.807, 2.05) is 34.6 Å². The minimum atomic E-state index is -1.05. The Kier molecular flexibility index (Phi) is 8.41. The van der Waals surface area contributed by atoms with Gasteiger partial charge in [-0.05, 0) is 34.6 Å². The normalized spacial score (nSPS) is 13.3. The topological polar surface area (TPSA) is 84.9 Å². The lowest BCUT2D eigenvalue weighted by Crippen LogP contribution is -2.42. The second-order valence-electron chi connectivity index (χ2n) is 5.88. The van der Waals surface area contributed by atoms with Crippen molar-refractivity contribution >= 4 is 11.9 Å². The highest BCUT2D eigenvalue weighted by atomic mass is 16.5. The van der Waals surface area contributed by atoms with Crippen molar-refractivity contribution in [1.82, 2.24) is 5.32 Å². The van der Waals surface area contributed by atoms with Crippen LogP contribution in [0.2, 0.25) is 0 Å². The molecule has 0 bridgehead atoms. The highest BCUT2D eigenvalue weighted by Crippen LogP contribution is 2.08. The zero-order chi connectivity index (χ0) is 15.8. The number of carbonyl (C=O) groups is 2. The van der Waals surface area contributed by atoms with Crippen LogP contribution in [0.15, 0.2) is 0 Å². The van der Waals surface area contributed by atoms with E-state index in [0.29, 0.717) is 0 Å². The maximum Gasteiger partial charge on any atom is 0.326 e. The molecule has 0 saturated heterocycles. The van der Waals surface area contributed by atoms with E-state index in [0.717, 1.165) is 0 Å². The first-order valence-electron chi connectivity index (χ1n) is 6.89. The summed E-state index contributed by atoms with van der Waals surface area (Å²) in [4.78, 5) is 22.7. The lowest BCUT2D eigenvalue weighted by Gasteiger charge is -2.21. The average molecular weight is 289 g/mol. The van der Waals surface area contributed by atoms with E-state index in [1.165, 1.54) is 0 Å². The van der Waals surface area contributed by atoms with Crippen LogP contribution in [0.4, 0.5) is 0 Å². The summed E-state index contributed by atoms with van der Waals surface area (Å²) in [6.07, 6.45) is 0.448. The van der Waals surface area contributed by atoms with Gasteiger partial charge in [-0.3, -0.25) is 4.79 Å². The standard InChI is InChI=1S/C14H27NO5/c1-10(2)19-8-7-12(16)15-11(13(17)18)6-9-20-14(3,4)5/h10-11H,6-9H2,1-5H3,(H,15,16)(H,17,18). The summed E-state index contributed by atoms with van der Waals surface area (Å²) in [6, 6.07) is -0.927. The molecule has 0 spiro atoms. The maximum atomic E-state index is 11.6. The number of amides is 1. The number of hydrogen-bond acceptors (Lipinski definition) is 4. The van der Waals surface area contributed by atoms with Gasteiger partial charge in [0.2, 0.25) is 5.91 Å². The Morgan fingerprint density at radius 1 is 1.20 bits per heavy atom. The van der Waals surface area contributed by atoms with E-state index < -0.39 is 12.0 Å². The zero-order valence-electron chi connectivity index (χ0n) is 13.1. The molecule has 0 heterocycles. The van der Waals surface area contributed by atoms with Gasteiger partial charge in [-0.15, -0.1) is 0 Å². The van der Waals surface area contributed by atoms with Crippen molar-refractivity contribution in [2.24, 2.45) is 0 Å². The first kappa shape index (κ1) is 18.9. The second-order valence-corrected chi connectivity index (χ2v) is 5.88. The van der Waals surface area contributed by atoms with Crippen molar-refractivity contribution in [3.63, 3.8) is 0 Å². The van der Waals surface area contributed by atoms with Crippen molar-refractivity contribution in [3.8, 4) is 0 Å². The van der Waals surface area contributed by atoms with E-state index in [9.17, 15) is 9.59 Å². The fourth-order valence-corrected chi connectivity index (χ4v) is 1.39. The smallest absolute Gasteiger partial charge is 0.326 e. The third kappa shape index (κ3) is 10.8. The first-order valence-corrected chi connectivity index (χ1v) is 6.89. The van der Waals surface area contributed by atoms with Gasteiger partial charge in [0, 0.05) is 19.4 Å². The van der Waals surface area contributed by atoms with Gasteiger partial charge in [-0.2, -0.15) is 0 Å². The maximum absolute atomic E-state index is 11.6. The second kappa shape index (κ2) is 8.92. The SMILES string of the molecule is CC(C)OCCC(=O)NC(CCOC(C)(C)C)C(=O)O. The minimum absolute atomic E-state index is 0.0539. The summed E-state index contributed by atoms with van der Waals surface area (Å²) in [5.41, 5.74) is -0.321. The minimum Gasteiger partial charge on any atom is -0.480 e. The summed E-state index contributed by atoms with van der Waals surface area (Å²) >= 11 is 0. The van der Waals surface area contributed by atoms with Crippen molar-refractivity contribution in [2.75, 3.05) is 13.2 Å². The van der Waals surface area contributed by atoms with Crippen LogP contribution in [-0.2, 0) is 19.1 Å². The molecule has 1 unspecified atom stereocenters. The van der Waals surface area contributed by atoms with Crippen molar-refractivity contribution < 1.29 is 24.2 Å². The lowest BCUT2D eigenvalue weighted by atomic mass is 10.1. The number of carbonyl (C=O) groups excluding carboxylic acids is 1. The predicted octanol–water partition coefficient (Wildman–Crippen LogP) is 1.58. The van der Waals surface area contributed by atoms with Crippen molar-refractivity contribution in [2.45, 2.75) is 65.2 Å². The number of nitrogens with one attached hydrogen (secondary N) is 1. The molecule has 6 heteroatoms. The molecular weight excluding hydrogens is 262 g/mol. The molecule has 1 amide bonds. The van der Waals surface area contributed by atoms with Crippen molar-refractivity contribution in [1.29, 1.82) is 0 Å². The Balaban J connectivity index is 4.07. The molecule has 6 nitrogen and oxygen atoms in total. The monoisotopic (exact) mass is 289 g/mol. The fraction of sp³-hybridized carbons (Fsp3) is 0.857. The van der Waals surface area contributed by atoms with Crippen LogP contribution in [-0.4, -0.2) is 47.9 Å². The van der Waals surface area contributed by atoms with Gasteiger partial charge < -0.3 is 19.9 Å². The van der Waals surface area contributed by atoms with Crippen LogP contribution >= 0.6 is 0 Å².